The van der Waals surface area contributed by atoms with E-state index in [1.165, 1.54) is 0 Å². The number of carbonyl (C=O) groups is 1. The lowest BCUT2D eigenvalue weighted by Crippen LogP contribution is -2.46. The Bertz CT molecular complexity index is 505. The van der Waals surface area contributed by atoms with Gasteiger partial charge in [-0.1, -0.05) is 29.8 Å². The molecule has 0 aliphatic carbocycles. The van der Waals surface area contributed by atoms with Crippen molar-refractivity contribution in [3.05, 3.63) is 34.9 Å². The van der Waals surface area contributed by atoms with Crippen LogP contribution in [0.15, 0.2) is 29.3 Å². The van der Waals surface area contributed by atoms with Crippen LogP contribution in [0, 0.1) is 0 Å². The number of carbonyl (C=O) groups excluding carboxylic acids is 1. The number of benzene rings is 1. The lowest BCUT2D eigenvalue weighted by molar-refractivity contribution is -0.120. The van der Waals surface area contributed by atoms with Gasteiger partial charge in [0.2, 0.25) is 0 Å². The number of aliphatic imine (C=N–C) groups is 1. The first-order valence-corrected chi connectivity index (χ1v) is 6.16. The van der Waals surface area contributed by atoms with Crippen LogP contribution in [0.2, 0.25) is 5.02 Å². The number of guanidine groups is 1. The molecule has 4 nitrogen and oxygen atoms in total. The van der Waals surface area contributed by atoms with Crippen molar-refractivity contribution in [3.63, 3.8) is 0 Å². The third kappa shape index (κ3) is 2.82. The average molecular weight is 266 g/mol. The summed E-state index contributed by atoms with van der Waals surface area (Å²) in [5, 5.41) is 6.42. The molecule has 1 heterocycles. The largest absolute Gasteiger partial charge is 0.351 e. The van der Waals surface area contributed by atoms with E-state index in [-0.39, 0.29) is 11.4 Å². The molecule has 1 unspecified atom stereocenters. The Hall–Kier alpha value is -1.55. The van der Waals surface area contributed by atoms with Gasteiger partial charge in [0.25, 0.3) is 5.91 Å². The van der Waals surface area contributed by atoms with Crippen molar-refractivity contribution in [2.45, 2.75) is 32.4 Å². The van der Waals surface area contributed by atoms with Crippen LogP contribution in [-0.2, 0) is 4.79 Å². The molecule has 1 aliphatic rings. The molecular formula is C13H16ClN3O. The van der Waals surface area contributed by atoms with E-state index in [2.05, 4.69) is 15.6 Å². The quantitative estimate of drug-likeness (QED) is 0.818. The van der Waals surface area contributed by atoms with Crippen LogP contribution in [0.5, 0.6) is 0 Å². The summed E-state index contributed by atoms with van der Waals surface area (Å²) in [6, 6.07) is 6.68. The summed E-state index contributed by atoms with van der Waals surface area (Å²) in [5.41, 5.74) is 0.573. The number of halogens is 1. The normalized spacial score (nSPS) is 19.4. The second kappa shape index (κ2) is 4.61. The molecule has 0 saturated heterocycles. The molecule has 2 N–H and O–H groups in total. The minimum Gasteiger partial charge on any atom is -0.351 e. The lowest BCUT2D eigenvalue weighted by atomic mass is 10.1. The Balaban J connectivity index is 2.25. The molecule has 96 valence electrons. The monoisotopic (exact) mass is 265 g/mol. The van der Waals surface area contributed by atoms with Crippen molar-refractivity contribution < 1.29 is 4.79 Å². The van der Waals surface area contributed by atoms with Crippen molar-refractivity contribution in [1.29, 1.82) is 0 Å². The zero-order valence-electron chi connectivity index (χ0n) is 10.6. The smallest absolute Gasteiger partial charge is 0.256 e. The van der Waals surface area contributed by atoms with E-state index in [4.69, 9.17) is 11.6 Å². The standard InChI is InChI=1S/C13H16ClN3O/c1-13(2,3)17-12-15-10(11(18)16-12)8-6-4-5-7-9(8)14/h4-7,10H,1-3H3,(H2,15,16,17,18). The van der Waals surface area contributed by atoms with Gasteiger partial charge in [-0.2, -0.15) is 0 Å². The minimum absolute atomic E-state index is 0.151. The van der Waals surface area contributed by atoms with Crippen molar-refractivity contribution in [3.8, 4) is 0 Å². The molecule has 0 bridgehead atoms. The molecule has 2 rings (SSSR count). The van der Waals surface area contributed by atoms with E-state index in [1.807, 2.05) is 39.0 Å². The Kier molecular flexibility index (Phi) is 3.30. The van der Waals surface area contributed by atoms with E-state index in [9.17, 15) is 4.79 Å². The van der Waals surface area contributed by atoms with E-state index < -0.39 is 6.04 Å². The zero-order chi connectivity index (χ0) is 13.3. The summed E-state index contributed by atoms with van der Waals surface area (Å²) in [7, 11) is 0. The fraction of sp³-hybridized carbons (Fsp3) is 0.385. The number of rotatable bonds is 1. The van der Waals surface area contributed by atoms with E-state index in [0.717, 1.165) is 5.56 Å². The average Bonchev–Trinajstić information content (AvgIpc) is 2.57. The number of nitrogens with zero attached hydrogens (tertiary/aromatic N) is 1. The molecule has 0 fully saturated rings. The Morgan fingerprint density at radius 1 is 1.33 bits per heavy atom. The van der Waals surface area contributed by atoms with Crippen molar-refractivity contribution >= 4 is 23.5 Å². The number of amides is 1. The van der Waals surface area contributed by atoms with Crippen LogP contribution in [0.4, 0.5) is 0 Å². The van der Waals surface area contributed by atoms with Gasteiger partial charge >= 0.3 is 0 Å². The van der Waals surface area contributed by atoms with Gasteiger partial charge in [-0.15, -0.1) is 0 Å². The first-order chi connectivity index (χ1) is 8.37. The van der Waals surface area contributed by atoms with Crippen molar-refractivity contribution in [1.82, 2.24) is 10.6 Å². The van der Waals surface area contributed by atoms with Crippen LogP contribution >= 0.6 is 11.6 Å². The van der Waals surface area contributed by atoms with E-state index >= 15 is 0 Å². The van der Waals surface area contributed by atoms with Gasteiger partial charge in [0.05, 0.1) is 0 Å². The lowest BCUT2D eigenvalue weighted by Gasteiger charge is -2.21. The molecule has 0 aromatic heterocycles. The fourth-order valence-electron chi connectivity index (χ4n) is 1.73. The maximum Gasteiger partial charge on any atom is 0.256 e. The highest BCUT2D eigenvalue weighted by Gasteiger charge is 2.30. The van der Waals surface area contributed by atoms with Gasteiger partial charge in [0.15, 0.2) is 12.0 Å². The molecule has 1 aliphatic heterocycles. The second-order valence-corrected chi connectivity index (χ2v) is 5.67. The Morgan fingerprint density at radius 2 is 2.00 bits per heavy atom. The van der Waals surface area contributed by atoms with Crippen LogP contribution in [0.1, 0.15) is 32.4 Å². The molecule has 18 heavy (non-hydrogen) atoms. The highest BCUT2D eigenvalue weighted by atomic mass is 35.5. The Morgan fingerprint density at radius 3 is 2.61 bits per heavy atom. The summed E-state index contributed by atoms with van der Waals surface area (Å²) in [4.78, 5) is 16.2. The van der Waals surface area contributed by atoms with E-state index in [0.29, 0.717) is 11.0 Å². The number of hydrogen-bond donors (Lipinski definition) is 2. The zero-order valence-corrected chi connectivity index (χ0v) is 11.4. The summed E-state index contributed by atoms with van der Waals surface area (Å²) in [6.45, 7) is 6.01. The van der Waals surface area contributed by atoms with Crippen LogP contribution in [-0.4, -0.2) is 17.4 Å². The number of hydrogen-bond acceptors (Lipinski definition) is 3. The second-order valence-electron chi connectivity index (χ2n) is 5.27. The van der Waals surface area contributed by atoms with Gasteiger partial charge in [-0.25, -0.2) is 4.99 Å². The summed E-state index contributed by atoms with van der Waals surface area (Å²) < 4.78 is 0. The summed E-state index contributed by atoms with van der Waals surface area (Å²) in [6.07, 6.45) is 0. The predicted octanol–water partition coefficient (Wildman–Crippen LogP) is 2.25. The summed E-state index contributed by atoms with van der Waals surface area (Å²) in [5.74, 6) is 0.340. The first-order valence-electron chi connectivity index (χ1n) is 5.78. The maximum atomic E-state index is 11.9. The SMILES string of the molecule is CC(C)(C)NC1=NC(c2ccccc2Cl)C(=O)N1. The van der Waals surface area contributed by atoms with Gasteiger partial charge in [0.1, 0.15) is 0 Å². The van der Waals surface area contributed by atoms with Crippen LogP contribution in [0.3, 0.4) is 0 Å². The van der Waals surface area contributed by atoms with E-state index in [1.54, 1.807) is 6.07 Å². The number of nitrogens with one attached hydrogen (secondary N) is 2. The Labute approximate surface area is 111 Å². The maximum absolute atomic E-state index is 11.9. The van der Waals surface area contributed by atoms with Gasteiger partial charge < -0.3 is 5.32 Å². The molecule has 1 amide bonds. The molecule has 1 aromatic rings. The van der Waals surface area contributed by atoms with Gasteiger partial charge in [-0.05, 0) is 26.8 Å². The highest BCUT2D eigenvalue weighted by Crippen LogP contribution is 2.27. The van der Waals surface area contributed by atoms with Crippen LogP contribution in [0.25, 0.3) is 0 Å². The van der Waals surface area contributed by atoms with Gasteiger partial charge in [-0.3, -0.25) is 10.1 Å². The molecule has 1 atom stereocenters. The highest BCUT2D eigenvalue weighted by molar-refractivity contribution is 6.31. The molecule has 1 aromatic carbocycles. The minimum atomic E-state index is -0.566. The molecule has 0 spiro atoms. The first kappa shape index (κ1) is 12.9. The topological polar surface area (TPSA) is 53.5 Å². The third-order valence-corrected chi connectivity index (χ3v) is 2.79. The van der Waals surface area contributed by atoms with Crippen molar-refractivity contribution in [2.75, 3.05) is 0 Å². The summed E-state index contributed by atoms with van der Waals surface area (Å²) >= 11 is 6.08. The molecule has 5 heteroatoms. The fourth-order valence-corrected chi connectivity index (χ4v) is 1.97. The molecule has 0 saturated carbocycles. The predicted molar refractivity (Wildman–Crippen MR) is 72.7 cm³/mol. The van der Waals surface area contributed by atoms with Crippen LogP contribution < -0.4 is 10.6 Å². The van der Waals surface area contributed by atoms with Gasteiger partial charge in [0, 0.05) is 16.1 Å². The third-order valence-electron chi connectivity index (χ3n) is 2.44. The molecule has 0 radical (unpaired) electrons. The van der Waals surface area contributed by atoms with Crippen molar-refractivity contribution in [2.24, 2.45) is 4.99 Å². The molecular weight excluding hydrogens is 250 g/mol.